The van der Waals surface area contributed by atoms with Gasteiger partial charge in [-0.1, -0.05) is 6.07 Å². The molecule has 2 N–H and O–H groups in total. The van der Waals surface area contributed by atoms with E-state index >= 15 is 0 Å². The van der Waals surface area contributed by atoms with Crippen LogP contribution >= 0.6 is 0 Å². The Hall–Kier alpha value is -1.75. The van der Waals surface area contributed by atoms with Crippen molar-refractivity contribution in [1.29, 1.82) is 0 Å². The average molecular weight is 265 g/mol. The first kappa shape index (κ1) is 13.7. The lowest BCUT2D eigenvalue weighted by molar-refractivity contribution is 0.499. The number of aryl methyl sites for hydroxylation is 1. The standard InChI is InChI=1S/C14H17F2N3/c1-9(17-7-11-8-18-19-10(11)2)6-12-13(15)4-3-5-14(12)16/h3-5,8-9,17H,6-7H2,1-2H3,(H,18,19)/t9-/m0/s1. The number of hydrogen-bond acceptors (Lipinski definition) is 2. The summed E-state index contributed by atoms with van der Waals surface area (Å²) < 4.78 is 27.0. The maximum atomic E-state index is 13.5. The first-order valence-electron chi connectivity index (χ1n) is 6.23. The highest BCUT2D eigenvalue weighted by Gasteiger charge is 2.12. The van der Waals surface area contributed by atoms with Crippen molar-refractivity contribution < 1.29 is 8.78 Å². The van der Waals surface area contributed by atoms with Crippen LogP contribution in [0.25, 0.3) is 0 Å². The van der Waals surface area contributed by atoms with Gasteiger partial charge in [-0.2, -0.15) is 5.10 Å². The highest BCUT2D eigenvalue weighted by molar-refractivity contribution is 5.21. The number of aromatic amines is 1. The van der Waals surface area contributed by atoms with E-state index in [0.29, 0.717) is 13.0 Å². The van der Waals surface area contributed by atoms with Crippen molar-refractivity contribution in [2.45, 2.75) is 32.9 Å². The Labute approximate surface area is 111 Å². The van der Waals surface area contributed by atoms with Gasteiger partial charge in [0.15, 0.2) is 0 Å². The fourth-order valence-electron chi connectivity index (χ4n) is 1.94. The summed E-state index contributed by atoms with van der Waals surface area (Å²) in [5.74, 6) is -0.985. The second-order valence-electron chi connectivity index (χ2n) is 4.71. The molecule has 1 aromatic heterocycles. The van der Waals surface area contributed by atoms with Gasteiger partial charge in [0.25, 0.3) is 0 Å². The van der Waals surface area contributed by atoms with E-state index < -0.39 is 11.6 Å². The molecule has 2 aromatic rings. The van der Waals surface area contributed by atoms with Gasteiger partial charge in [-0.25, -0.2) is 8.78 Å². The van der Waals surface area contributed by atoms with Gasteiger partial charge in [0.2, 0.25) is 0 Å². The van der Waals surface area contributed by atoms with Crippen LogP contribution in [0.3, 0.4) is 0 Å². The summed E-state index contributed by atoms with van der Waals surface area (Å²) in [5, 5.41) is 10.0. The molecule has 0 aliphatic carbocycles. The first-order chi connectivity index (χ1) is 9.08. The maximum absolute atomic E-state index is 13.5. The van der Waals surface area contributed by atoms with E-state index in [0.717, 1.165) is 11.3 Å². The minimum Gasteiger partial charge on any atom is -0.310 e. The van der Waals surface area contributed by atoms with Crippen LogP contribution in [0.15, 0.2) is 24.4 Å². The molecule has 0 unspecified atom stereocenters. The van der Waals surface area contributed by atoms with Gasteiger partial charge in [-0.05, 0) is 32.4 Å². The van der Waals surface area contributed by atoms with E-state index in [1.165, 1.54) is 18.2 Å². The maximum Gasteiger partial charge on any atom is 0.129 e. The molecule has 102 valence electrons. The molecule has 0 fully saturated rings. The highest BCUT2D eigenvalue weighted by Crippen LogP contribution is 2.14. The molecule has 3 nitrogen and oxygen atoms in total. The molecule has 0 spiro atoms. The summed E-state index contributed by atoms with van der Waals surface area (Å²) in [5.41, 5.74) is 2.18. The Kier molecular flexibility index (Phi) is 4.27. The van der Waals surface area contributed by atoms with Crippen molar-refractivity contribution in [3.05, 3.63) is 52.9 Å². The lowest BCUT2D eigenvalue weighted by atomic mass is 10.1. The van der Waals surface area contributed by atoms with Gasteiger partial charge >= 0.3 is 0 Å². The Balaban J connectivity index is 1.94. The average Bonchev–Trinajstić information content (AvgIpc) is 2.77. The highest BCUT2D eigenvalue weighted by atomic mass is 19.1. The first-order valence-corrected chi connectivity index (χ1v) is 6.23. The third-order valence-corrected chi connectivity index (χ3v) is 3.15. The van der Waals surface area contributed by atoms with Crippen LogP contribution in [0.1, 0.15) is 23.7 Å². The molecule has 5 heteroatoms. The SMILES string of the molecule is Cc1[nH]ncc1CN[C@@H](C)Cc1c(F)cccc1F. The zero-order valence-electron chi connectivity index (χ0n) is 11.0. The van der Waals surface area contributed by atoms with E-state index in [1.807, 2.05) is 13.8 Å². The molecule has 0 bridgehead atoms. The normalized spacial score (nSPS) is 12.6. The molecule has 0 saturated heterocycles. The van der Waals surface area contributed by atoms with Crippen LogP contribution in [0, 0.1) is 18.6 Å². The van der Waals surface area contributed by atoms with Gasteiger partial charge in [-0.3, -0.25) is 5.10 Å². The number of aromatic nitrogens is 2. The van der Waals surface area contributed by atoms with E-state index in [9.17, 15) is 8.78 Å². The summed E-state index contributed by atoms with van der Waals surface area (Å²) in [6, 6.07) is 3.92. The molecule has 1 aromatic carbocycles. The Morgan fingerprint density at radius 2 is 2.00 bits per heavy atom. The molecule has 1 atom stereocenters. The fourth-order valence-corrected chi connectivity index (χ4v) is 1.94. The van der Waals surface area contributed by atoms with Crippen molar-refractivity contribution >= 4 is 0 Å². The van der Waals surface area contributed by atoms with Crippen molar-refractivity contribution in [1.82, 2.24) is 15.5 Å². The van der Waals surface area contributed by atoms with E-state index in [1.54, 1.807) is 6.20 Å². The van der Waals surface area contributed by atoms with Gasteiger partial charge in [0.1, 0.15) is 11.6 Å². The minimum absolute atomic E-state index is 0.0271. The second-order valence-corrected chi connectivity index (χ2v) is 4.71. The molecule has 2 rings (SSSR count). The molecule has 0 radical (unpaired) electrons. The topological polar surface area (TPSA) is 40.7 Å². The summed E-state index contributed by atoms with van der Waals surface area (Å²) in [7, 11) is 0. The van der Waals surface area contributed by atoms with E-state index in [2.05, 4.69) is 15.5 Å². The van der Waals surface area contributed by atoms with Gasteiger partial charge in [-0.15, -0.1) is 0 Å². The fraction of sp³-hybridized carbons (Fsp3) is 0.357. The predicted octanol–water partition coefficient (Wildman–Crippen LogP) is 2.72. The number of rotatable bonds is 5. The summed E-state index contributed by atoms with van der Waals surface area (Å²) in [6.07, 6.45) is 2.06. The van der Waals surface area contributed by atoms with Gasteiger partial charge < -0.3 is 5.32 Å². The zero-order chi connectivity index (χ0) is 13.8. The van der Waals surface area contributed by atoms with Crippen LogP contribution in [0.2, 0.25) is 0 Å². The largest absolute Gasteiger partial charge is 0.310 e. The Morgan fingerprint density at radius 3 is 2.58 bits per heavy atom. The van der Waals surface area contributed by atoms with Gasteiger partial charge in [0.05, 0.1) is 6.20 Å². The molecule has 0 amide bonds. The van der Waals surface area contributed by atoms with Crippen molar-refractivity contribution in [2.75, 3.05) is 0 Å². The molecular weight excluding hydrogens is 248 g/mol. The third-order valence-electron chi connectivity index (χ3n) is 3.15. The van der Waals surface area contributed by atoms with Crippen LogP contribution in [-0.2, 0) is 13.0 Å². The van der Waals surface area contributed by atoms with E-state index in [-0.39, 0.29) is 11.6 Å². The van der Waals surface area contributed by atoms with Crippen LogP contribution in [0.4, 0.5) is 8.78 Å². The van der Waals surface area contributed by atoms with Crippen LogP contribution in [0.5, 0.6) is 0 Å². The third kappa shape index (κ3) is 3.38. The Bertz CT molecular complexity index is 531. The monoisotopic (exact) mass is 265 g/mol. The Morgan fingerprint density at radius 1 is 1.32 bits per heavy atom. The second kappa shape index (κ2) is 5.93. The minimum atomic E-state index is -0.492. The number of nitrogens with zero attached hydrogens (tertiary/aromatic N) is 1. The van der Waals surface area contributed by atoms with Crippen molar-refractivity contribution in [3.8, 4) is 0 Å². The summed E-state index contributed by atoms with van der Waals surface area (Å²) in [6.45, 7) is 4.46. The van der Waals surface area contributed by atoms with E-state index in [4.69, 9.17) is 0 Å². The quantitative estimate of drug-likeness (QED) is 0.872. The number of halogens is 2. The zero-order valence-corrected chi connectivity index (χ0v) is 11.0. The number of hydrogen-bond donors (Lipinski definition) is 2. The predicted molar refractivity (Wildman–Crippen MR) is 69.7 cm³/mol. The van der Waals surface area contributed by atoms with Crippen LogP contribution in [-0.4, -0.2) is 16.2 Å². The summed E-state index contributed by atoms with van der Waals surface area (Å²) in [4.78, 5) is 0. The van der Waals surface area contributed by atoms with Gasteiger partial charge in [0, 0.05) is 29.4 Å². The molecule has 19 heavy (non-hydrogen) atoms. The van der Waals surface area contributed by atoms with Crippen molar-refractivity contribution in [2.24, 2.45) is 0 Å². The smallest absolute Gasteiger partial charge is 0.129 e. The molecule has 0 aliphatic heterocycles. The number of H-pyrrole nitrogens is 1. The lowest BCUT2D eigenvalue weighted by Crippen LogP contribution is -2.28. The lowest BCUT2D eigenvalue weighted by Gasteiger charge is -2.14. The molecular formula is C14H17F2N3. The number of nitrogens with one attached hydrogen (secondary N) is 2. The molecule has 0 aliphatic rings. The van der Waals surface area contributed by atoms with Crippen molar-refractivity contribution in [3.63, 3.8) is 0 Å². The van der Waals surface area contributed by atoms with Crippen LogP contribution < -0.4 is 5.32 Å². The summed E-state index contributed by atoms with van der Waals surface area (Å²) >= 11 is 0. The molecule has 1 heterocycles. The molecule has 0 saturated carbocycles. The number of benzene rings is 1.